The monoisotopic (exact) mass is 360 g/mol. The lowest BCUT2D eigenvalue weighted by molar-refractivity contribution is -0.109. The summed E-state index contributed by atoms with van der Waals surface area (Å²) in [5.41, 5.74) is 0. The Kier molecular flexibility index (Phi) is 88.4. The van der Waals surface area contributed by atoms with Crippen molar-refractivity contribution in [2.45, 2.75) is 47.1 Å². The van der Waals surface area contributed by atoms with E-state index in [0.717, 1.165) is 25.1 Å². The third-order valence-electron chi connectivity index (χ3n) is 1.20. The number of aliphatic hydroxyl groups is 1. The molecule has 0 saturated heterocycles. The predicted molar refractivity (Wildman–Crippen MR) is 100 cm³/mol. The highest BCUT2D eigenvalue weighted by Gasteiger charge is 1.87. The molecule has 0 amide bonds. The van der Waals surface area contributed by atoms with Crippen molar-refractivity contribution in [1.29, 1.82) is 0 Å². The Bertz CT molecular complexity index is 337. The maximum atomic E-state index is 9.56. The van der Waals surface area contributed by atoms with Crippen LogP contribution in [0.25, 0.3) is 0 Å². The van der Waals surface area contributed by atoms with Crippen LogP contribution in [0.5, 0.6) is 0 Å². The van der Waals surface area contributed by atoms with E-state index < -0.39 is 6.10 Å². The molecule has 1 atom stereocenters. The van der Waals surface area contributed by atoms with Crippen molar-refractivity contribution in [2.24, 2.45) is 0 Å². The predicted octanol–water partition coefficient (Wildman–Crippen LogP) is 1.62. The molecule has 0 bridgehead atoms. The van der Waals surface area contributed by atoms with Crippen LogP contribution in [-0.2, 0) is 24.0 Å². The van der Waals surface area contributed by atoms with E-state index in [-0.39, 0.29) is 11.9 Å². The standard InChI is InChI=1S/C6H8O.C4H8O2.C4H6O.2C2H4O.H2O/c1-2-3-4-5-6-7;1-4(6)2-3-5;1-2-3-4-5;2*1-2-3;/h2-6H,1H3;3-4,6H,2H2,1H3;2-4H,1H3;2*2H,1H3;1H2/b3-2+,5-4+;;3-2+;;;. The van der Waals surface area contributed by atoms with E-state index in [2.05, 4.69) is 0 Å². The van der Waals surface area contributed by atoms with Gasteiger partial charge in [0, 0.05) is 6.42 Å². The van der Waals surface area contributed by atoms with Crippen molar-refractivity contribution >= 4 is 31.4 Å². The topological polar surface area (TPSA) is 137 Å². The largest absolute Gasteiger partial charge is 0.412 e. The van der Waals surface area contributed by atoms with Gasteiger partial charge in [0.2, 0.25) is 0 Å². The van der Waals surface area contributed by atoms with Gasteiger partial charge in [-0.3, -0.25) is 9.59 Å². The molecule has 0 fully saturated rings. The first-order valence-electron chi connectivity index (χ1n) is 7.14. The molecule has 0 aliphatic carbocycles. The Hall–Kier alpha value is -2.51. The first-order valence-corrected chi connectivity index (χ1v) is 7.14. The van der Waals surface area contributed by atoms with Crippen molar-refractivity contribution in [1.82, 2.24) is 0 Å². The summed E-state index contributed by atoms with van der Waals surface area (Å²) in [6.07, 6.45) is 13.4. The maximum absolute atomic E-state index is 9.56. The zero-order valence-electron chi connectivity index (χ0n) is 15.6. The lowest BCUT2D eigenvalue weighted by Crippen LogP contribution is -1.97. The van der Waals surface area contributed by atoms with E-state index in [4.69, 9.17) is 14.7 Å². The van der Waals surface area contributed by atoms with Gasteiger partial charge in [-0.15, -0.1) is 0 Å². The van der Waals surface area contributed by atoms with Crippen LogP contribution < -0.4 is 0 Å². The van der Waals surface area contributed by atoms with Gasteiger partial charge in [0.15, 0.2) is 0 Å². The molecule has 7 heteroatoms. The lowest BCUT2D eigenvalue weighted by atomic mass is 10.3. The van der Waals surface area contributed by atoms with E-state index in [1.54, 1.807) is 32.1 Å². The smallest absolute Gasteiger partial charge is 0.142 e. The highest BCUT2D eigenvalue weighted by atomic mass is 16.3. The molecule has 0 aromatic heterocycles. The number of aldehydes is 5. The van der Waals surface area contributed by atoms with Crippen molar-refractivity contribution in [3.8, 4) is 0 Å². The summed E-state index contributed by atoms with van der Waals surface area (Å²) in [6.45, 7) is 8.16. The molecule has 0 heterocycles. The third-order valence-corrected chi connectivity index (χ3v) is 1.20. The Labute approximate surface area is 150 Å². The van der Waals surface area contributed by atoms with Gasteiger partial charge in [-0.1, -0.05) is 24.3 Å². The van der Waals surface area contributed by atoms with Crippen LogP contribution in [-0.4, -0.2) is 48.1 Å². The highest BCUT2D eigenvalue weighted by molar-refractivity contribution is 5.65. The summed E-state index contributed by atoms with van der Waals surface area (Å²) in [7, 11) is 0. The summed E-state index contributed by atoms with van der Waals surface area (Å²) in [5, 5.41) is 8.32. The summed E-state index contributed by atoms with van der Waals surface area (Å²) < 4.78 is 0. The number of carbonyl (C=O) groups is 5. The van der Waals surface area contributed by atoms with E-state index in [1.165, 1.54) is 26.0 Å². The molecule has 0 spiro atoms. The third kappa shape index (κ3) is 194. The second kappa shape index (κ2) is 57.8. The van der Waals surface area contributed by atoms with Crippen LogP contribution in [0, 0.1) is 0 Å². The van der Waals surface area contributed by atoms with Crippen LogP contribution in [0.2, 0.25) is 0 Å². The van der Waals surface area contributed by atoms with E-state index in [1.807, 2.05) is 13.0 Å². The Morgan fingerprint density at radius 3 is 1.20 bits per heavy atom. The molecule has 25 heavy (non-hydrogen) atoms. The second-order valence-corrected chi connectivity index (χ2v) is 3.43. The highest BCUT2D eigenvalue weighted by Crippen LogP contribution is 1.80. The summed E-state index contributed by atoms with van der Waals surface area (Å²) >= 11 is 0. The van der Waals surface area contributed by atoms with Gasteiger partial charge in [0.05, 0.1) is 6.10 Å². The molecule has 0 radical (unpaired) electrons. The zero-order valence-corrected chi connectivity index (χ0v) is 15.6. The number of hydrogen-bond donors (Lipinski definition) is 1. The van der Waals surface area contributed by atoms with Gasteiger partial charge in [-0.2, -0.15) is 0 Å². The van der Waals surface area contributed by atoms with Gasteiger partial charge >= 0.3 is 0 Å². The minimum atomic E-state index is -0.470. The van der Waals surface area contributed by atoms with E-state index >= 15 is 0 Å². The van der Waals surface area contributed by atoms with Crippen LogP contribution in [0.3, 0.4) is 0 Å². The first-order chi connectivity index (χ1) is 11.4. The molecule has 1 unspecified atom stereocenters. The van der Waals surface area contributed by atoms with Gasteiger partial charge in [0.1, 0.15) is 31.4 Å². The van der Waals surface area contributed by atoms with Crippen molar-refractivity contribution < 1.29 is 34.6 Å². The van der Waals surface area contributed by atoms with E-state index in [0.29, 0.717) is 6.29 Å². The molecular weight excluding hydrogens is 328 g/mol. The molecule has 0 aromatic carbocycles. The fourth-order valence-electron chi connectivity index (χ4n) is 0.438. The van der Waals surface area contributed by atoms with E-state index in [9.17, 15) is 14.4 Å². The lowest BCUT2D eigenvalue weighted by Gasteiger charge is -1.89. The molecule has 0 aliphatic heterocycles. The van der Waals surface area contributed by atoms with Crippen LogP contribution >= 0.6 is 0 Å². The summed E-state index contributed by atoms with van der Waals surface area (Å²) in [5.74, 6) is 0. The fraction of sp³-hybridized carbons (Fsp3) is 0.389. The van der Waals surface area contributed by atoms with Crippen molar-refractivity contribution in [3.63, 3.8) is 0 Å². The summed E-state index contributed by atoms with van der Waals surface area (Å²) in [4.78, 5) is 45.9. The van der Waals surface area contributed by atoms with Crippen LogP contribution in [0.4, 0.5) is 0 Å². The SMILES string of the molecule is C/C=C/C=C/C=O.C/C=C/C=O.CC(O)CC=O.CC=O.CC=O.O. The average molecular weight is 360 g/mol. The van der Waals surface area contributed by atoms with Gasteiger partial charge in [-0.05, 0) is 46.8 Å². The van der Waals surface area contributed by atoms with Crippen LogP contribution in [0.1, 0.15) is 41.0 Å². The molecule has 3 N–H and O–H groups in total. The minimum Gasteiger partial charge on any atom is -0.412 e. The van der Waals surface area contributed by atoms with Gasteiger partial charge in [0.25, 0.3) is 0 Å². The maximum Gasteiger partial charge on any atom is 0.142 e. The molecule has 0 aromatic rings. The molecule has 0 saturated carbocycles. The quantitative estimate of drug-likeness (QED) is 0.449. The van der Waals surface area contributed by atoms with Gasteiger partial charge < -0.3 is 25.0 Å². The Balaban J connectivity index is -0.0000000465. The zero-order chi connectivity index (χ0) is 20.1. The Morgan fingerprint density at radius 1 is 0.720 bits per heavy atom. The second-order valence-electron chi connectivity index (χ2n) is 3.43. The van der Waals surface area contributed by atoms with Crippen molar-refractivity contribution in [3.05, 3.63) is 36.5 Å². The number of hydrogen-bond acceptors (Lipinski definition) is 6. The number of allylic oxidation sites excluding steroid dienone is 6. The molecule has 7 nitrogen and oxygen atoms in total. The number of aliphatic hydroxyl groups excluding tert-OH is 1. The first kappa shape index (κ1) is 38.2. The normalized spacial score (nSPS) is 9.20. The molecular formula is C18H32O7. The van der Waals surface area contributed by atoms with Crippen molar-refractivity contribution in [2.75, 3.05) is 0 Å². The molecule has 146 valence electrons. The fourth-order valence-corrected chi connectivity index (χ4v) is 0.438. The number of rotatable bonds is 5. The average Bonchev–Trinajstić information content (AvgIpc) is 2.51. The van der Waals surface area contributed by atoms with Gasteiger partial charge in [-0.25, -0.2) is 0 Å². The molecule has 0 aliphatic rings. The summed E-state index contributed by atoms with van der Waals surface area (Å²) in [6, 6.07) is 0. The minimum absolute atomic E-state index is 0. The Morgan fingerprint density at radius 2 is 1.08 bits per heavy atom. The van der Waals surface area contributed by atoms with Crippen LogP contribution in [0.15, 0.2) is 36.5 Å². The molecule has 0 rings (SSSR count). The number of carbonyl (C=O) groups excluding carboxylic acids is 5.